The molecule has 0 spiro atoms. The van der Waals surface area contributed by atoms with Crippen molar-refractivity contribution in [2.45, 2.75) is 45.4 Å². The van der Waals surface area contributed by atoms with Crippen LogP contribution in [0.2, 0.25) is 0 Å². The molecule has 22 heavy (non-hydrogen) atoms. The molecule has 0 aliphatic heterocycles. The highest BCUT2D eigenvalue weighted by molar-refractivity contribution is 5.67. The molecule has 1 atom stereocenters. The third-order valence-corrected chi connectivity index (χ3v) is 4.14. The second-order valence-electron chi connectivity index (χ2n) is 5.91. The highest BCUT2D eigenvalue weighted by Crippen LogP contribution is 2.33. The van der Waals surface area contributed by atoms with E-state index in [2.05, 4.69) is 13.0 Å². The molecule has 0 amide bonds. The molecule has 0 saturated heterocycles. The molecule has 0 aromatic heterocycles. The third kappa shape index (κ3) is 5.02. The number of rotatable bonds is 9. The molecule has 0 bridgehead atoms. The Bertz CT molecular complexity index is 484. The van der Waals surface area contributed by atoms with Gasteiger partial charge in [0.25, 0.3) is 0 Å². The Balaban J connectivity index is 1.89. The van der Waals surface area contributed by atoms with Gasteiger partial charge >= 0.3 is 5.97 Å². The molecule has 1 aromatic carbocycles. The van der Waals surface area contributed by atoms with Crippen molar-refractivity contribution in [3.63, 3.8) is 0 Å². The topological polar surface area (TPSA) is 55.8 Å². The zero-order chi connectivity index (χ0) is 15.8. The summed E-state index contributed by atoms with van der Waals surface area (Å²) in [5, 5.41) is 8.98. The number of benzene rings is 1. The van der Waals surface area contributed by atoms with E-state index < -0.39 is 5.97 Å². The van der Waals surface area contributed by atoms with Crippen LogP contribution in [-0.4, -0.2) is 30.9 Å². The summed E-state index contributed by atoms with van der Waals surface area (Å²) < 4.78 is 11.4. The van der Waals surface area contributed by atoms with Gasteiger partial charge in [0.05, 0.1) is 6.61 Å². The number of unbranched alkanes of at least 4 members (excludes halogenated alkanes) is 1. The number of fused-ring (bicyclic) bond motifs is 1. The molecule has 1 aromatic rings. The first-order chi connectivity index (χ1) is 10.7. The lowest BCUT2D eigenvalue weighted by Crippen LogP contribution is -2.19. The van der Waals surface area contributed by atoms with Crippen molar-refractivity contribution in [3.8, 4) is 5.75 Å². The molecule has 1 unspecified atom stereocenters. The molecular weight excluding hydrogens is 280 g/mol. The van der Waals surface area contributed by atoms with E-state index >= 15 is 0 Å². The van der Waals surface area contributed by atoms with Gasteiger partial charge in [-0.15, -0.1) is 0 Å². The molecule has 1 aliphatic rings. The predicted molar refractivity (Wildman–Crippen MR) is 85.4 cm³/mol. The van der Waals surface area contributed by atoms with Gasteiger partial charge in [-0.3, -0.25) is 4.79 Å². The molecule has 0 fully saturated rings. The predicted octanol–water partition coefficient (Wildman–Crippen LogP) is 3.46. The largest absolute Gasteiger partial charge is 0.491 e. The summed E-state index contributed by atoms with van der Waals surface area (Å²) >= 11 is 0. The maximum absolute atomic E-state index is 10.9. The average Bonchev–Trinajstić information content (AvgIpc) is 2.50. The summed E-state index contributed by atoms with van der Waals surface area (Å²) in [5.41, 5.74) is 2.49. The minimum Gasteiger partial charge on any atom is -0.491 e. The van der Waals surface area contributed by atoms with Crippen LogP contribution in [0.4, 0.5) is 0 Å². The fourth-order valence-corrected chi connectivity index (χ4v) is 2.94. The highest BCUT2D eigenvalue weighted by Gasteiger charge is 2.23. The molecule has 122 valence electrons. The van der Waals surface area contributed by atoms with E-state index in [1.165, 1.54) is 11.1 Å². The third-order valence-electron chi connectivity index (χ3n) is 4.14. The van der Waals surface area contributed by atoms with Crippen molar-refractivity contribution in [1.82, 2.24) is 0 Å². The summed E-state index contributed by atoms with van der Waals surface area (Å²) in [4.78, 5) is 10.9. The number of carboxylic acid groups (broad SMARTS) is 1. The molecule has 0 radical (unpaired) electrons. The van der Waals surface area contributed by atoms with Gasteiger partial charge in [0, 0.05) is 13.0 Å². The molecule has 0 heterocycles. The number of carboxylic acids is 1. The lowest BCUT2D eigenvalue weighted by Gasteiger charge is -2.25. The standard InChI is InChI=1S/C18H26O4/c1-2-3-9-21-10-11-22-17-6-4-5-15-8-7-14(12-16(15)17)13-18(19)20/h4-6,14H,2-3,7-13H2,1H3,(H,19,20). The quantitative estimate of drug-likeness (QED) is 0.710. The second kappa shape index (κ2) is 8.79. The summed E-state index contributed by atoms with van der Waals surface area (Å²) in [5.74, 6) is 0.401. The summed E-state index contributed by atoms with van der Waals surface area (Å²) in [6.45, 7) is 4.07. The number of aryl methyl sites for hydroxylation is 1. The van der Waals surface area contributed by atoms with E-state index in [9.17, 15) is 4.79 Å². The van der Waals surface area contributed by atoms with Crippen LogP contribution >= 0.6 is 0 Å². The smallest absolute Gasteiger partial charge is 0.303 e. The lowest BCUT2D eigenvalue weighted by molar-refractivity contribution is -0.138. The maximum Gasteiger partial charge on any atom is 0.303 e. The zero-order valence-corrected chi connectivity index (χ0v) is 13.3. The molecule has 4 heteroatoms. The van der Waals surface area contributed by atoms with E-state index in [0.29, 0.717) is 13.2 Å². The van der Waals surface area contributed by atoms with Crippen LogP contribution in [0.15, 0.2) is 18.2 Å². The number of hydrogen-bond acceptors (Lipinski definition) is 3. The van der Waals surface area contributed by atoms with Crippen LogP contribution in [0.3, 0.4) is 0 Å². The fraction of sp³-hybridized carbons (Fsp3) is 0.611. The number of aliphatic carboxylic acids is 1. The van der Waals surface area contributed by atoms with Crippen molar-refractivity contribution in [2.75, 3.05) is 19.8 Å². The van der Waals surface area contributed by atoms with Crippen LogP contribution in [0.1, 0.15) is 43.7 Å². The minimum absolute atomic E-state index is 0.218. The minimum atomic E-state index is -0.712. The summed E-state index contributed by atoms with van der Waals surface area (Å²) in [6.07, 6.45) is 5.15. The highest BCUT2D eigenvalue weighted by atomic mass is 16.5. The van der Waals surface area contributed by atoms with Gasteiger partial charge < -0.3 is 14.6 Å². The maximum atomic E-state index is 10.9. The van der Waals surface area contributed by atoms with Crippen molar-refractivity contribution in [1.29, 1.82) is 0 Å². The Morgan fingerprint density at radius 1 is 1.32 bits per heavy atom. The van der Waals surface area contributed by atoms with Crippen LogP contribution < -0.4 is 4.74 Å². The van der Waals surface area contributed by atoms with Crippen molar-refractivity contribution in [3.05, 3.63) is 29.3 Å². The number of ether oxygens (including phenoxy) is 2. The van der Waals surface area contributed by atoms with Crippen molar-refractivity contribution >= 4 is 5.97 Å². The first-order valence-corrected chi connectivity index (χ1v) is 8.23. The van der Waals surface area contributed by atoms with Gasteiger partial charge in [-0.2, -0.15) is 0 Å². The molecule has 1 N–H and O–H groups in total. The van der Waals surface area contributed by atoms with Gasteiger partial charge in [0.1, 0.15) is 12.4 Å². The first-order valence-electron chi connectivity index (χ1n) is 8.23. The summed E-state index contributed by atoms with van der Waals surface area (Å²) in [7, 11) is 0. The Labute approximate surface area is 132 Å². The molecule has 4 nitrogen and oxygen atoms in total. The van der Waals surface area contributed by atoms with Crippen molar-refractivity contribution in [2.24, 2.45) is 5.92 Å². The Hall–Kier alpha value is -1.55. The zero-order valence-electron chi connectivity index (χ0n) is 13.3. The van der Waals surface area contributed by atoms with Gasteiger partial charge in [0.15, 0.2) is 0 Å². The molecule has 1 aliphatic carbocycles. The SMILES string of the molecule is CCCCOCCOc1cccc2c1CC(CC(=O)O)CC2. The Morgan fingerprint density at radius 3 is 2.95 bits per heavy atom. The Morgan fingerprint density at radius 2 is 2.18 bits per heavy atom. The van der Waals surface area contributed by atoms with Gasteiger partial charge in [-0.05, 0) is 48.8 Å². The average molecular weight is 306 g/mol. The van der Waals surface area contributed by atoms with Crippen LogP contribution in [-0.2, 0) is 22.4 Å². The van der Waals surface area contributed by atoms with E-state index in [1.54, 1.807) is 0 Å². The molecular formula is C18H26O4. The van der Waals surface area contributed by atoms with Gasteiger partial charge in [-0.25, -0.2) is 0 Å². The van der Waals surface area contributed by atoms with Crippen LogP contribution in [0, 0.1) is 5.92 Å². The number of hydrogen-bond donors (Lipinski definition) is 1. The lowest BCUT2D eigenvalue weighted by atomic mass is 9.82. The second-order valence-corrected chi connectivity index (χ2v) is 5.91. The normalized spacial score (nSPS) is 17.0. The first kappa shape index (κ1) is 16.8. The van der Waals surface area contributed by atoms with Gasteiger partial charge in [-0.1, -0.05) is 25.5 Å². The van der Waals surface area contributed by atoms with E-state index in [-0.39, 0.29) is 12.3 Å². The van der Waals surface area contributed by atoms with Crippen molar-refractivity contribution < 1.29 is 19.4 Å². The van der Waals surface area contributed by atoms with E-state index in [4.69, 9.17) is 14.6 Å². The summed E-state index contributed by atoms with van der Waals surface area (Å²) in [6, 6.07) is 6.12. The monoisotopic (exact) mass is 306 g/mol. The van der Waals surface area contributed by atoms with Crippen LogP contribution in [0.5, 0.6) is 5.75 Å². The Kier molecular flexibility index (Phi) is 6.72. The molecule has 0 saturated carbocycles. The van der Waals surface area contributed by atoms with Crippen LogP contribution in [0.25, 0.3) is 0 Å². The van der Waals surface area contributed by atoms with E-state index in [1.807, 2.05) is 12.1 Å². The van der Waals surface area contributed by atoms with Gasteiger partial charge in [0.2, 0.25) is 0 Å². The molecule has 2 rings (SSSR count). The number of carbonyl (C=O) groups is 1. The fourth-order valence-electron chi connectivity index (χ4n) is 2.94. The van der Waals surface area contributed by atoms with E-state index in [0.717, 1.165) is 44.5 Å².